The van der Waals surface area contributed by atoms with E-state index in [2.05, 4.69) is 103 Å². The Hall–Kier alpha value is -2.85. The Morgan fingerprint density at radius 1 is 0.534 bits per heavy atom. The second-order valence-corrected chi connectivity index (χ2v) is 15.8. The van der Waals surface area contributed by atoms with Crippen LogP contribution in [0.25, 0.3) is 0 Å². The zero-order valence-corrected chi connectivity index (χ0v) is 36.9. The Bertz CT molecular complexity index is 1240. The van der Waals surface area contributed by atoms with Gasteiger partial charge >= 0.3 is 19.8 Å². The van der Waals surface area contributed by atoms with Crippen LogP contribution in [0.2, 0.25) is 0 Å². The molecule has 0 spiro atoms. The van der Waals surface area contributed by atoms with Gasteiger partial charge in [-0.3, -0.25) is 18.6 Å². The van der Waals surface area contributed by atoms with Crippen molar-refractivity contribution in [3.63, 3.8) is 0 Å². The van der Waals surface area contributed by atoms with Crippen molar-refractivity contribution in [1.29, 1.82) is 0 Å². The zero-order chi connectivity index (χ0) is 42.6. The summed E-state index contributed by atoms with van der Waals surface area (Å²) in [5, 5.41) is 18.3. The monoisotopic (exact) mass is 835 g/mol. The molecule has 10 nitrogen and oxygen atoms in total. The van der Waals surface area contributed by atoms with Gasteiger partial charge in [-0.1, -0.05) is 144 Å². The van der Waals surface area contributed by atoms with E-state index in [0.717, 1.165) is 89.9 Å². The predicted octanol–water partition coefficient (Wildman–Crippen LogP) is 11.8. The first-order valence-corrected chi connectivity index (χ1v) is 23.5. The van der Waals surface area contributed by atoms with E-state index in [-0.39, 0.29) is 19.4 Å². The molecule has 0 radical (unpaired) electrons. The molecule has 58 heavy (non-hydrogen) atoms. The van der Waals surface area contributed by atoms with E-state index in [1.807, 2.05) is 0 Å². The molecular formula is C47H79O10P. The van der Waals surface area contributed by atoms with Crippen molar-refractivity contribution in [2.24, 2.45) is 0 Å². The smallest absolute Gasteiger partial charge is 0.462 e. The lowest BCUT2D eigenvalue weighted by Crippen LogP contribution is -2.29. The molecule has 0 amide bonds. The lowest BCUT2D eigenvalue weighted by Gasteiger charge is -2.20. The second kappa shape index (κ2) is 42.3. The SMILES string of the molecule is CC/C=C\C/C=C\C/C=C\C/C=C\C/C=C\CCCCCC(=O)OC(COC(=O)CCCCCCC/C=C\C/C=C\CCCCCC)COP(=O)(O)OCC(O)CO. The molecule has 0 aromatic carbocycles. The number of esters is 2. The van der Waals surface area contributed by atoms with Crippen molar-refractivity contribution in [3.8, 4) is 0 Å². The van der Waals surface area contributed by atoms with Gasteiger partial charge in [-0.25, -0.2) is 4.57 Å². The number of unbranched alkanes of at least 4 members (excludes halogenated alkanes) is 12. The van der Waals surface area contributed by atoms with E-state index in [0.29, 0.717) is 12.8 Å². The van der Waals surface area contributed by atoms with Crippen molar-refractivity contribution < 1.29 is 47.8 Å². The highest BCUT2D eigenvalue weighted by Crippen LogP contribution is 2.43. The molecule has 0 aromatic heterocycles. The molecule has 0 saturated carbocycles. The van der Waals surface area contributed by atoms with Gasteiger partial charge in [0, 0.05) is 12.8 Å². The molecule has 3 N–H and O–H groups in total. The van der Waals surface area contributed by atoms with E-state index < -0.39 is 51.8 Å². The molecule has 0 rings (SSSR count). The maximum absolute atomic E-state index is 12.6. The van der Waals surface area contributed by atoms with Gasteiger partial charge in [0.2, 0.25) is 0 Å². The molecule has 3 unspecified atom stereocenters. The number of ether oxygens (including phenoxy) is 2. The van der Waals surface area contributed by atoms with E-state index in [4.69, 9.17) is 19.1 Å². The third-order valence-electron chi connectivity index (χ3n) is 8.78. The molecule has 0 aliphatic rings. The largest absolute Gasteiger partial charge is 0.472 e. The molecule has 3 atom stereocenters. The van der Waals surface area contributed by atoms with Gasteiger partial charge in [0.15, 0.2) is 6.10 Å². The van der Waals surface area contributed by atoms with Gasteiger partial charge in [-0.15, -0.1) is 0 Å². The average Bonchev–Trinajstić information content (AvgIpc) is 3.21. The summed E-state index contributed by atoms with van der Waals surface area (Å²) >= 11 is 0. The summed E-state index contributed by atoms with van der Waals surface area (Å²) in [5.74, 6) is -0.986. The maximum atomic E-state index is 12.6. The van der Waals surface area contributed by atoms with Gasteiger partial charge in [-0.2, -0.15) is 0 Å². The maximum Gasteiger partial charge on any atom is 0.472 e. The number of phosphoric acid groups is 1. The molecule has 0 bridgehead atoms. The fourth-order valence-corrected chi connectivity index (χ4v) is 6.19. The standard InChI is InChI=1S/C47H79O10P/c1-3-5-7-9-11-13-15-17-19-21-22-23-25-27-29-31-33-35-37-39-47(51)57-45(43-56-58(52,53)55-41-44(49)40-48)42-54-46(50)38-36-34-32-30-28-26-24-20-18-16-14-12-10-8-6-4-2/h5,7,11,13-14,16-17,19-20,22-24,27,29,44-45,48-49H,3-4,6,8-10,12,15,18,21,25-26,28,30-43H2,1-2H3,(H,52,53)/b7-5-,13-11-,16-14-,19-17-,23-22-,24-20-,29-27-. The number of allylic oxidation sites excluding steroid dienone is 14. The first-order valence-electron chi connectivity index (χ1n) is 22.0. The molecular weight excluding hydrogens is 755 g/mol. The van der Waals surface area contributed by atoms with Gasteiger partial charge < -0.3 is 24.6 Å². The summed E-state index contributed by atoms with van der Waals surface area (Å²) in [5.41, 5.74) is 0. The van der Waals surface area contributed by atoms with Crippen molar-refractivity contribution in [2.75, 3.05) is 26.4 Å². The van der Waals surface area contributed by atoms with Crippen LogP contribution in [-0.4, -0.2) is 65.7 Å². The Morgan fingerprint density at radius 2 is 0.948 bits per heavy atom. The third-order valence-corrected chi connectivity index (χ3v) is 9.73. The molecule has 0 heterocycles. The van der Waals surface area contributed by atoms with Gasteiger partial charge in [-0.05, 0) is 89.9 Å². The van der Waals surface area contributed by atoms with Crippen LogP contribution in [-0.2, 0) is 32.7 Å². The summed E-state index contributed by atoms with van der Waals surface area (Å²) in [4.78, 5) is 35.0. The van der Waals surface area contributed by atoms with E-state index in [1.165, 1.54) is 32.1 Å². The number of hydrogen-bond acceptors (Lipinski definition) is 9. The molecule has 0 aromatic rings. The Labute approximate surface area is 351 Å². The van der Waals surface area contributed by atoms with Crippen molar-refractivity contribution in [2.45, 2.75) is 174 Å². The highest BCUT2D eigenvalue weighted by molar-refractivity contribution is 7.47. The zero-order valence-electron chi connectivity index (χ0n) is 36.0. The number of aliphatic hydroxyl groups is 2. The predicted molar refractivity (Wildman–Crippen MR) is 237 cm³/mol. The average molecular weight is 835 g/mol. The van der Waals surface area contributed by atoms with Gasteiger partial charge in [0.25, 0.3) is 0 Å². The van der Waals surface area contributed by atoms with Crippen molar-refractivity contribution in [1.82, 2.24) is 0 Å². The minimum Gasteiger partial charge on any atom is -0.462 e. The van der Waals surface area contributed by atoms with Gasteiger partial charge in [0.1, 0.15) is 12.7 Å². The van der Waals surface area contributed by atoms with E-state index in [1.54, 1.807) is 0 Å². The first kappa shape index (κ1) is 55.2. The van der Waals surface area contributed by atoms with E-state index >= 15 is 0 Å². The highest BCUT2D eigenvalue weighted by Gasteiger charge is 2.27. The number of phosphoric ester groups is 1. The molecule has 11 heteroatoms. The molecule has 0 aliphatic carbocycles. The van der Waals surface area contributed by atoms with Crippen molar-refractivity contribution in [3.05, 3.63) is 85.1 Å². The first-order chi connectivity index (χ1) is 28.2. The normalized spacial score (nSPS) is 14.6. The third kappa shape index (κ3) is 41.3. The van der Waals surface area contributed by atoms with Crippen LogP contribution in [0.15, 0.2) is 85.1 Å². The molecule has 332 valence electrons. The van der Waals surface area contributed by atoms with Crippen LogP contribution >= 0.6 is 7.82 Å². The second-order valence-electron chi connectivity index (χ2n) is 14.3. The molecule has 0 aliphatic heterocycles. The Kier molecular flexibility index (Phi) is 40.2. The quantitative estimate of drug-likeness (QED) is 0.0236. The van der Waals surface area contributed by atoms with E-state index in [9.17, 15) is 24.2 Å². The van der Waals surface area contributed by atoms with Crippen molar-refractivity contribution >= 4 is 19.8 Å². The summed E-state index contributed by atoms with van der Waals surface area (Å²) in [6.45, 7) is 2.18. The fraction of sp³-hybridized carbons (Fsp3) is 0.660. The van der Waals surface area contributed by atoms with Gasteiger partial charge in [0.05, 0.1) is 19.8 Å². The van der Waals surface area contributed by atoms with Crippen LogP contribution in [0.4, 0.5) is 0 Å². The Balaban J connectivity index is 4.40. The fourth-order valence-electron chi connectivity index (χ4n) is 5.40. The molecule has 0 fully saturated rings. The molecule has 0 saturated heterocycles. The minimum absolute atomic E-state index is 0.137. The lowest BCUT2D eigenvalue weighted by atomic mass is 10.1. The van der Waals surface area contributed by atoms with Crippen LogP contribution in [0, 0.1) is 0 Å². The lowest BCUT2D eigenvalue weighted by molar-refractivity contribution is -0.161. The number of hydrogen-bond donors (Lipinski definition) is 3. The summed E-state index contributed by atoms with van der Waals surface area (Å²) < 4.78 is 32.7. The van der Waals surface area contributed by atoms with Crippen LogP contribution in [0.3, 0.4) is 0 Å². The summed E-state index contributed by atoms with van der Waals surface area (Å²) in [6, 6.07) is 0. The van der Waals surface area contributed by atoms with Crippen LogP contribution < -0.4 is 0 Å². The minimum atomic E-state index is -4.64. The van der Waals surface area contributed by atoms with Crippen LogP contribution in [0.5, 0.6) is 0 Å². The summed E-state index contributed by atoms with van der Waals surface area (Å²) in [7, 11) is -4.64. The Morgan fingerprint density at radius 3 is 1.45 bits per heavy atom. The van der Waals surface area contributed by atoms with Crippen LogP contribution in [0.1, 0.15) is 162 Å². The number of carbonyl (C=O) groups excluding carboxylic acids is 2. The number of aliphatic hydroxyl groups excluding tert-OH is 2. The highest BCUT2D eigenvalue weighted by atomic mass is 31.2. The topological polar surface area (TPSA) is 149 Å². The number of rotatable bonds is 40. The summed E-state index contributed by atoms with van der Waals surface area (Å²) in [6.07, 6.45) is 49.7. The number of carbonyl (C=O) groups is 2.